The molecule has 1 unspecified atom stereocenters. The minimum atomic E-state index is -0.737. The number of nitrogens with one attached hydrogen (secondary N) is 1. The molecule has 0 bridgehead atoms. The fourth-order valence-corrected chi connectivity index (χ4v) is 5.85. The van der Waals surface area contributed by atoms with E-state index in [1.807, 2.05) is 0 Å². The Bertz CT molecular complexity index is 854. The monoisotopic (exact) mass is 525 g/mol. The minimum Gasteiger partial charge on any atom is -0.481 e. The Morgan fingerprint density at radius 2 is 1.77 bits per heavy atom. The van der Waals surface area contributed by atoms with Crippen LogP contribution in [0, 0.1) is 10.1 Å². The molecule has 9 nitrogen and oxygen atoms in total. The summed E-state index contributed by atoms with van der Waals surface area (Å²) in [5.74, 6) is 1.16. The second kappa shape index (κ2) is 16.4. The van der Waals surface area contributed by atoms with Gasteiger partial charge in [0.2, 0.25) is 11.8 Å². The van der Waals surface area contributed by atoms with Crippen LogP contribution in [0.5, 0.6) is 0 Å². The summed E-state index contributed by atoms with van der Waals surface area (Å²) in [5, 5.41) is 20.6. The molecule has 1 aromatic carbocycles. The first-order valence-electron chi connectivity index (χ1n) is 12.2. The van der Waals surface area contributed by atoms with Crippen molar-refractivity contribution in [1.29, 1.82) is 0 Å². The lowest BCUT2D eigenvalue weighted by Crippen LogP contribution is -2.49. The van der Waals surface area contributed by atoms with E-state index in [-0.39, 0.29) is 23.9 Å². The smallest absolute Gasteiger partial charge is 0.304 e. The number of non-ortho nitro benzene ring substituents is 1. The molecule has 194 valence electrons. The Hall–Kier alpha value is -2.27. The van der Waals surface area contributed by atoms with Crippen molar-refractivity contribution < 1.29 is 24.4 Å². The Labute approximate surface area is 214 Å². The summed E-state index contributed by atoms with van der Waals surface area (Å²) >= 11 is 3.18. The van der Waals surface area contributed by atoms with Crippen LogP contribution in [0.4, 0.5) is 5.69 Å². The Kier molecular flexibility index (Phi) is 13.6. The largest absolute Gasteiger partial charge is 0.481 e. The maximum Gasteiger partial charge on any atom is 0.304 e. The second-order valence-electron chi connectivity index (χ2n) is 8.46. The van der Waals surface area contributed by atoms with E-state index >= 15 is 0 Å². The van der Waals surface area contributed by atoms with Crippen molar-refractivity contribution in [3.8, 4) is 0 Å². The van der Waals surface area contributed by atoms with Crippen LogP contribution in [-0.4, -0.2) is 50.1 Å². The van der Waals surface area contributed by atoms with Crippen molar-refractivity contribution in [3.63, 3.8) is 0 Å². The summed E-state index contributed by atoms with van der Waals surface area (Å²) < 4.78 is 0. The van der Waals surface area contributed by atoms with Crippen molar-refractivity contribution in [2.75, 3.05) is 17.3 Å². The highest BCUT2D eigenvalue weighted by Gasteiger charge is 2.32. The molecule has 1 heterocycles. The second-order valence-corrected chi connectivity index (χ2v) is 10.9. The van der Waals surface area contributed by atoms with E-state index in [9.17, 15) is 24.5 Å². The van der Waals surface area contributed by atoms with Gasteiger partial charge in [0.25, 0.3) is 5.69 Å². The molecule has 0 aromatic heterocycles. The van der Waals surface area contributed by atoms with E-state index in [0.29, 0.717) is 29.9 Å². The third-order valence-electron chi connectivity index (χ3n) is 5.61. The zero-order valence-corrected chi connectivity index (χ0v) is 21.6. The fourth-order valence-electron chi connectivity index (χ4n) is 3.74. The Morgan fingerprint density at radius 3 is 2.46 bits per heavy atom. The van der Waals surface area contributed by atoms with Gasteiger partial charge < -0.3 is 5.11 Å². The summed E-state index contributed by atoms with van der Waals surface area (Å²) in [7, 11) is 0. The lowest BCUT2D eigenvalue weighted by molar-refractivity contribution is -0.384. The van der Waals surface area contributed by atoms with Crippen LogP contribution in [-0.2, 0) is 14.4 Å². The number of hydrazine groups is 1. The molecule has 0 radical (unpaired) electrons. The molecule has 35 heavy (non-hydrogen) atoms. The van der Waals surface area contributed by atoms with Crippen molar-refractivity contribution in [2.24, 2.45) is 0 Å². The van der Waals surface area contributed by atoms with E-state index in [1.165, 1.54) is 35.3 Å². The molecular formula is C24H35N3O6S2. The Balaban J connectivity index is 1.61. The molecule has 2 rings (SSSR count). The number of nitrogens with zero attached hydrogens (tertiary/aromatic N) is 2. The van der Waals surface area contributed by atoms with Crippen LogP contribution >= 0.6 is 23.5 Å². The van der Waals surface area contributed by atoms with Gasteiger partial charge in [0.05, 0.1) is 11.3 Å². The third kappa shape index (κ3) is 11.3. The molecule has 1 aliphatic rings. The summed E-state index contributed by atoms with van der Waals surface area (Å²) in [5.41, 5.74) is 3.31. The van der Waals surface area contributed by atoms with Gasteiger partial charge in [-0.25, -0.2) is 5.01 Å². The quantitative estimate of drug-likeness (QED) is 0.159. The molecule has 1 fully saturated rings. The number of aliphatic carboxylic acids is 1. The molecule has 0 saturated carbocycles. The van der Waals surface area contributed by atoms with E-state index < -0.39 is 16.3 Å². The zero-order chi connectivity index (χ0) is 25.5. The molecule has 1 aromatic rings. The number of amides is 2. The van der Waals surface area contributed by atoms with E-state index in [1.54, 1.807) is 23.9 Å². The van der Waals surface area contributed by atoms with Gasteiger partial charge in [-0.15, -0.1) is 11.8 Å². The molecular weight excluding hydrogens is 490 g/mol. The zero-order valence-electron chi connectivity index (χ0n) is 20.0. The molecule has 2 N–H and O–H groups in total. The number of hydrogen-bond donors (Lipinski definition) is 2. The van der Waals surface area contributed by atoms with Crippen LogP contribution in [0.15, 0.2) is 24.3 Å². The number of rotatable bonds is 17. The number of carbonyl (C=O) groups excluding carboxylic acids is 2. The van der Waals surface area contributed by atoms with Gasteiger partial charge >= 0.3 is 5.97 Å². The first kappa shape index (κ1) is 29.0. The average molecular weight is 526 g/mol. The average Bonchev–Trinajstić information content (AvgIpc) is 2.83. The molecule has 2 amide bonds. The minimum absolute atomic E-state index is 0.0398. The van der Waals surface area contributed by atoms with Gasteiger partial charge in [0.15, 0.2) is 0 Å². The maximum absolute atomic E-state index is 12.5. The lowest BCUT2D eigenvalue weighted by Gasteiger charge is -2.35. The normalized spacial score (nSPS) is 15.7. The summed E-state index contributed by atoms with van der Waals surface area (Å²) in [6, 6.07) is 6.19. The van der Waals surface area contributed by atoms with Crippen molar-refractivity contribution >= 4 is 47.0 Å². The molecule has 0 aliphatic carbocycles. The van der Waals surface area contributed by atoms with Crippen LogP contribution in [0.25, 0.3) is 0 Å². The van der Waals surface area contributed by atoms with Gasteiger partial charge in [0.1, 0.15) is 5.37 Å². The number of nitro benzene ring substituents is 1. The van der Waals surface area contributed by atoms with Crippen molar-refractivity contribution in [3.05, 3.63) is 39.9 Å². The van der Waals surface area contributed by atoms with Crippen LogP contribution in [0.1, 0.15) is 81.6 Å². The molecule has 1 atom stereocenters. The van der Waals surface area contributed by atoms with Gasteiger partial charge in [-0.2, -0.15) is 11.8 Å². The van der Waals surface area contributed by atoms with E-state index in [0.717, 1.165) is 50.7 Å². The third-order valence-corrected chi connectivity index (χ3v) is 7.92. The molecule has 0 spiro atoms. The Morgan fingerprint density at radius 1 is 1.09 bits per heavy atom. The number of carboxylic acid groups (broad SMARTS) is 1. The highest BCUT2D eigenvalue weighted by molar-refractivity contribution is 7.99. The van der Waals surface area contributed by atoms with Crippen LogP contribution in [0.3, 0.4) is 0 Å². The number of benzene rings is 1. The SMILES string of the molecule is O=C(O)CCSCCCCCCCCCCC(=O)NN1C(=O)CCSC1c1cccc([N+](=O)[O-])c1. The number of nitro groups is 1. The van der Waals surface area contributed by atoms with E-state index in [2.05, 4.69) is 5.43 Å². The number of carboxylic acids is 1. The molecule has 11 heteroatoms. The van der Waals surface area contributed by atoms with Crippen molar-refractivity contribution in [2.45, 2.75) is 76.0 Å². The van der Waals surface area contributed by atoms with Gasteiger partial charge in [0, 0.05) is 36.5 Å². The summed E-state index contributed by atoms with van der Waals surface area (Å²) in [6.07, 6.45) is 9.41. The standard InChI is InChI=1S/C24H35N3O6S2/c28-21(12-7-5-3-1-2-4-6-8-15-34-16-14-23(30)31)25-26-22(29)13-17-35-24(26)19-10-9-11-20(18-19)27(32)33/h9-11,18,24H,1-8,12-17H2,(H,25,28)(H,30,31). The number of thioether (sulfide) groups is 2. The van der Waals surface area contributed by atoms with Crippen molar-refractivity contribution in [1.82, 2.24) is 10.4 Å². The number of hydrogen-bond acceptors (Lipinski definition) is 7. The molecule has 1 saturated heterocycles. The predicted octanol–water partition coefficient (Wildman–Crippen LogP) is 5.31. The van der Waals surface area contributed by atoms with Gasteiger partial charge in [-0.3, -0.25) is 29.9 Å². The highest BCUT2D eigenvalue weighted by atomic mass is 32.2. The topological polar surface area (TPSA) is 130 Å². The lowest BCUT2D eigenvalue weighted by atomic mass is 10.1. The first-order valence-corrected chi connectivity index (χ1v) is 14.4. The predicted molar refractivity (Wildman–Crippen MR) is 139 cm³/mol. The van der Waals surface area contributed by atoms with Crippen LogP contribution in [0.2, 0.25) is 0 Å². The number of unbranched alkanes of at least 4 members (excludes halogenated alkanes) is 7. The number of carbonyl (C=O) groups is 3. The highest BCUT2D eigenvalue weighted by Crippen LogP contribution is 2.37. The fraction of sp³-hybridized carbons (Fsp3) is 0.625. The van der Waals surface area contributed by atoms with Gasteiger partial charge in [-0.1, -0.05) is 50.7 Å². The van der Waals surface area contributed by atoms with Gasteiger partial charge in [-0.05, 0) is 24.2 Å². The summed E-state index contributed by atoms with van der Waals surface area (Å²) in [6.45, 7) is 0. The molecule has 1 aliphatic heterocycles. The van der Waals surface area contributed by atoms with Crippen LogP contribution < -0.4 is 5.43 Å². The maximum atomic E-state index is 12.5. The first-order chi connectivity index (χ1) is 16.9. The van der Waals surface area contributed by atoms with E-state index in [4.69, 9.17) is 5.11 Å². The summed E-state index contributed by atoms with van der Waals surface area (Å²) in [4.78, 5) is 46.0.